The van der Waals surface area contributed by atoms with Crippen molar-refractivity contribution in [3.63, 3.8) is 0 Å². The van der Waals surface area contributed by atoms with E-state index in [0.717, 1.165) is 23.1 Å². The molecule has 5 heteroatoms. The van der Waals surface area contributed by atoms with Gasteiger partial charge in [-0.15, -0.1) is 0 Å². The third-order valence-electron chi connectivity index (χ3n) is 4.32. The molecule has 0 aliphatic rings. The van der Waals surface area contributed by atoms with Gasteiger partial charge in [0.25, 0.3) is 0 Å². The van der Waals surface area contributed by atoms with E-state index < -0.39 is 0 Å². The third kappa shape index (κ3) is 4.60. The molecule has 24 heavy (non-hydrogen) atoms. The average Bonchev–Trinajstić information content (AvgIpc) is 2.57. The number of nitrogens with two attached hydrogens (primary N) is 1. The number of unbranched alkanes of at least 4 members (excludes halogenated alkanes) is 4. The molecule has 2 rings (SSSR count). The summed E-state index contributed by atoms with van der Waals surface area (Å²) in [5.74, 6) is -0.368. The number of hydrogen-bond acceptors (Lipinski definition) is 3. The Balaban J connectivity index is 2.18. The summed E-state index contributed by atoms with van der Waals surface area (Å²) in [6.07, 6.45) is 7.09. The van der Waals surface area contributed by atoms with Crippen LogP contribution in [0.5, 0.6) is 0 Å². The Morgan fingerprint density at radius 1 is 1.12 bits per heavy atom. The summed E-state index contributed by atoms with van der Waals surface area (Å²) in [5.41, 5.74) is 7.08. The van der Waals surface area contributed by atoms with Gasteiger partial charge in [0.15, 0.2) is 5.43 Å². The summed E-state index contributed by atoms with van der Waals surface area (Å²) >= 11 is 0. The molecule has 0 atom stereocenters. The molecule has 0 radical (unpaired) electrons. The van der Waals surface area contributed by atoms with Gasteiger partial charge in [-0.25, -0.2) is 0 Å². The quantitative estimate of drug-likeness (QED) is 0.547. The molecule has 0 saturated heterocycles. The van der Waals surface area contributed by atoms with Crippen LogP contribution in [0.4, 0.5) is 0 Å². The highest BCUT2D eigenvalue weighted by atomic mass is 16.5. The smallest absolute Gasteiger partial charge is 0.217 e. The van der Waals surface area contributed by atoms with Crippen molar-refractivity contribution < 1.29 is 10.0 Å². The maximum absolute atomic E-state index is 12.4. The molecule has 0 fully saturated rings. The van der Waals surface area contributed by atoms with E-state index in [0.29, 0.717) is 29.4 Å². The maximum Gasteiger partial charge on any atom is 0.217 e. The van der Waals surface area contributed by atoms with Crippen LogP contribution in [0, 0.1) is 0 Å². The van der Waals surface area contributed by atoms with Gasteiger partial charge >= 0.3 is 0 Å². The minimum absolute atomic E-state index is 0.0974. The molecular weight excluding hydrogens is 304 g/mol. The van der Waals surface area contributed by atoms with E-state index in [-0.39, 0.29) is 17.8 Å². The molecular formula is C19H26N2O3. The number of aromatic nitrogens is 1. The van der Waals surface area contributed by atoms with Crippen molar-refractivity contribution in [3.8, 4) is 0 Å². The lowest BCUT2D eigenvalue weighted by molar-refractivity contribution is -0.117. The first-order valence-corrected chi connectivity index (χ1v) is 8.68. The molecule has 1 aromatic carbocycles. The van der Waals surface area contributed by atoms with Crippen molar-refractivity contribution >= 4 is 16.8 Å². The van der Waals surface area contributed by atoms with Gasteiger partial charge in [0.05, 0.1) is 11.2 Å². The zero-order valence-electron chi connectivity index (χ0n) is 14.3. The maximum atomic E-state index is 12.4. The number of rotatable bonds is 9. The van der Waals surface area contributed by atoms with Crippen molar-refractivity contribution in [1.29, 1.82) is 0 Å². The number of nitrogens with zero attached hydrogens (tertiary/aromatic N) is 1. The van der Waals surface area contributed by atoms with Crippen molar-refractivity contribution in [2.75, 3.05) is 0 Å². The van der Waals surface area contributed by atoms with Crippen molar-refractivity contribution in [1.82, 2.24) is 4.73 Å². The first-order chi connectivity index (χ1) is 11.5. The normalized spacial score (nSPS) is 11.0. The fourth-order valence-electron chi connectivity index (χ4n) is 2.92. The standard InChI is InChI=1S/C19H26N2O3/c1-2-3-4-5-6-7-15-13-18(22)16-12-14(9-11-19(20)23)8-10-17(16)21(15)24/h8,10,12-13,24H,2-7,9,11H2,1H3,(H2,20,23). The number of carbonyl (C=O) groups excluding carboxylic acids is 1. The molecule has 0 spiro atoms. The fourth-order valence-corrected chi connectivity index (χ4v) is 2.92. The van der Waals surface area contributed by atoms with E-state index in [1.165, 1.54) is 25.3 Å². The summed E-state index contributed by atoms with van der Waals surface area (Å²) < 4.78 is 1.12. The monoisotopic (exact) mass is 330 g/mol. The fraction of sp³-hybridized carbons (Fsp3) is 0.474. The molecule has 3 N–H and O–H groups in total. The zero-order valence-corrected chi connectivity index (χ0v) is 14.3. The van der Waals surface area contributed by atoms with Crippen LogP contribution < -0.4 is 11.2 Å². The first kappa shape index (κ1) is 18.0. The molecule has 5 nitrogen and oxygen atoms in total. The van der Waals surface area contributed by atoms with Crippen LogP contribution in [-0.2, 0) is 17.6 Å². The van der Waals surface area contributed by atoms with E-state index in [9.17, 15) is 14.8 Å². The van der Waals surface area contributed by atoms with E-state index >= 15 is 0 Å². The van der Waals surface area contributed by atoms with Gasteiger partial charge in [0.1, 0.15) is 0 Å². The van der Waals surface area contributed by atoms with E-state index in [1.54, 1.807) is 12.1 Å². The van der Waals surface area contributed by atoms with Crippen LogP contribution in [0.15, 0.2) is 29.1 Å². The van der Waals surface area contributed by atoms with Crippen LogP contribution in [0.1, 0.15) is 56.7 Å². The highest BCUT2D eigenvalue weighted by Crippen LogP contribution is 2.17. The predicted molar refractivity (Wildman–Crippen MR) is 95.4 cm³/mol. The second-order valence-corrected chi connectivity index (χ2v) is 6.29. The number of pyridine rings is 1. The van der Waals surface area contributed by atoms with Crippen LogP contribution in [-0.4, -0.2) is 15.8 Å². The van der Waals surface area contributed by atoms with Gasteiger partial charge in [0.2, 0.25) is 5.91 Å². The molecule has 1 heterocycles. The lowest BCUT2D eigenvalue weighted by atomic mass is 10.0. The number of carbonyl (C=O) groups is 1. The zero-order chi connectivity index (χ0) is 17.5. The highest BCUT2D eigenvalue weighted by molar-refractivity contribution is 5.80. The molecule has 0 unspecified atom stereocenters. The van der Waals surface area contributed by atoms with E-state index in [2.05, 4.69) is 6.92 Å². The summed E-state index contributed by atoms with van der Waals surface area (Å²) in [7, 11) is 0. The molecule has 0 saturated carbocycles. The Morgan fingerprint density at radius 3 is 2.58 bits per heavy atom. The second kappa shape index (κ2) is 8.52. The number of benzene rings is 1. The molecule has 0 bridgehead atoms. The van der Waals surface area contributed by atoms with Gasteiger partial charge in [-0.3, -0.25) is 9.59 Å². The summed E-state index contributed by atoms with van der Waals surface area (Å²) in [5, 5.41) is 10.9. The Morgan fingerprint density at radius 2 is 1.88 bits per heavy atom. The Hall–Kier alpha value is -2.30. The van der Waals surface area contributed by atoms with Gasteiger partial charge < -0.3 is 10.9 Å². The Kier molecular flexibility index (Phi) is 6.41. The van der Waals surface area contributed by atoms with Crippen LogP contribution in [0.25, 0.3) is 10.9 Å². The minimum Gasteiger partial charge on any atom is -0.428 e. The van der Waals surface area contributed by atoms with E-state index in [4.69, 9.17) is 5.73 Å². The first-order valence-electron chi connectivity index (χ1n) is 8.68. The van der Waals surface area contributed by atoms with Gasteiger partial charge in [-0.05, 0) is 37.0 Å². The number of amides is 1. The van der Waals surface area contributed by atoms with Crippen LogP contribution in [0.3, 0.4) is 0 Å². The van der Waals surface area contributed by atoms with Gasteiger partial charge in [0, 0.05) is 17.9 Å². The summed E-state index contributed by atoms with van der Waals surface area (Å²) in [4.78, 5) is 23.2. The largest absolute Gasteiger partial charge is 0.428 e. The van der Waals surface area contributed by atoms with Gasteiger partial charge in [-0.2, -0.15) is 4.73 Å². The Bertz CT molecular complexity index is 765. The van der Waals surface area contributed by atoms with Crippen molar-refractivity contribution in [3.05, 3.63) is 45.7 Å². The van der Waals surface area contributed by atoms with Crippen LogP contribution in [0.2, 0.25) is 0 Å². The highest BCUT2D eigenvalue weighted by Gasteiger charge is 2.09. The number of aryl methyl sites for hydroxylation is 2. The summed E-state index contributed by atoms with van der Waals surface area (Å²) in [6.45, 7) is 2.17. The third-order valence-corrected chi connectivity index (χ3v) is 4.32. The van der Waals surface area contributed by atoms with Crippen molar-refractivity contribution in [2.45, 2.75) is 58.3 Å². The number of primary amides is 1. The van der Waals surface area contributed by atoms with Gasteiger partial charge in [-0.1, -0.05) is 38.7 Å². The summed E-state index contributed by atoms with van der Waals surface area (Å²) in [6, 6.07) is 6.80. The molecule has 130 valence electrons. The predicted octanol–water partition coefficient (Wildman–Crippen LogP) is 3.17. The van der Waals surface area contributed by atoms with Crippen LogP contribution >= 0.6 is 0 Å². The molecule has 0 aliphatic heterocycles. The molecule has 2 aromatic rings. The Labute approximate surface area is 142 Å². The second-order valence-electron chi connectivity index (χ2n) is 6.29. The minimum atomic E-state index is -0.368. The van der Waals surface area contributed by atoms with Crippen molar-refractivity contribution in [2.24, 2.45) is 5.73 Å². The SMILES string of the molecule is CCCCCCCc1cc(=O)c2cc(CCC(N)=O)ccc2n1O. The van der Waals surface area contributed by atoms with E-state index in [1.807, 2.05) is 6.07 Å². The lowest BCUT2D eigenvalue weighted by Gasteiger charge is -2.11. The number of fused-ring (bicyclic) bond motifs is 1. The lowest BCUT2D eigenvalue weighted by Crippen LogP contribution is -2.14. The molecule has 0 aliphatic carbocycles. The molecule has 1 aromatic heterocycles. The number of hydrogen-bond donors (Lipinski definition) is 2. The molecule has 1 amide bonds. The average molecular weight is 330 g/mol. The topological polar surface area (TPSA) is 85.3 Å².